The molecule has 1 aromatic heterocycles. The number of nitrogens with zero attached hydrogens (tertiary/aromatic N) is 1. The largest absolute Gasteiger partial charge is 0.465 e. The van der Waals surface area contributed by atoms with Crippen molar-refractivity contribution in [1.29, 1.82) is 0 Å². The lowest BCUT2D eigenvalue weighted by atomic mass is 10.1. The maximum atomic E-state index is 5.91. The summed E-state index contributed by atoms with van der Waals surface area (Å²) in [6.45, 7) is 17.4. The average molecular weight is 311 g/mol. The van der Waals surface area contributed by atoms with Gasteiger partial charge in [0.15, 0.2) is 0 Å². The standard InChI is InChI=1S/C17H30N2OS/c1-12-9-19(10-13(2)21-12)11-15-7-16(20-14(15)3)8-18-17(4,5)6/h7,12-13,18H,8-11H2,1-6H3. The van der Waals surface area contributed by atoms with E-state index in [-0.39, 0.29) is 5.54 Å². The summed E-state index contributed by atoms with van der Waals surface area (Å²) in [7, 11) is 0. The normalized spacial score (nSPS) is 24.5. The fourth-order valence-corrected chi connectivity index (χ4v) is 4.23. The Labute approximate surface area is 133 Å². The predicted molar refractivity (Wildman–Crippen MR) is 91.8 cm³/mol. The Morgan fingerprint density at radius 3 is 2.48 bits per heavy atom. The smallest absolute Gasteiger partial charge is 0.118 e. The summed E-state index contributed by atoms with van der Waals surface area (Å²) >= 11 is 2.10. The van der Waals surface area contributed by atoms with Gasteiger partial charge in [0.2, 0.25) is 0 Å². The van der Waals surface area contributed by atoms with E-state index in [0.29, 0.717) is 0 Å². The van der Waals surface area contributed by atoms with Crippen LogP contribution in [0.4, 0.5) is 0 Å². The second-order valence-electron chi connectivity index (χ2n) is 7.35. The molecule has 3 nitrogen and oxygen atoms in total. The molecule has 0 saturated carbocycles. The predicted octanol–water partition coefficient (Wildman–Crippen LogP) is 3.80. The van der Waals surface area contributed by atoms with Crippen molar-refractivity contribution >= 4 is 11.8 Å². The van der Waals surface area contributed by atoms with E-state index in [0.717, 1.165) is 35.1 Å². The molecule has 120 valence electrons. The first-order valence-electron chi connectivity index (χ1n) is 7.94. The van der Waals surface area contributed by atoms with Gasteiger partial charge in [0.25, 0.3) is 0 Å². The number of thioether (sulfide) groups is 1. The van der Waals surface area contributed by atoms with Gasteiger partial charge >= 0.3 is 0 Å². The Hall–Kier alpha value is -0.450. The molecule has 1 aromatic rings. The van der Waals surface area contributed by atoms with Crippen molar-refractivity contribution in [1.82, 2.24) is 10.2 Å². The summed E-state index contributed by atoms with van der Waals surface area (Å²) < 4.78 is 5.91. The quantitative estimate of drug-likeness (QED) is 0.915. The molecule has 0 amide bonds. The molecule has 2 unspecified atom stereocenters. The first kappa shape index (κ1) is 16.9. The van der Waals surface area contributed by atoms with Crippen LogP contribution in [-0.2, 0) is 13.1 Å². The number of rotatable bonds is 4. The maximum absolute atomic E-state index is 5.91. The van der Waals surface area contributed by atoms with Crippen LogP contribution < -0.4 is 5.32 Å². The summed E-state index contributed by atoms with van der Waals surface area (Å²) in [5.74, 6) is 2.11. The highest BCUT2D eigenvalue weighted by Gasteiger charge is 2.23. The first-order valence-corrected chi connectivity index (χ1v) is 8.88. The van der Waals surface area contributed by atoms with Crippen molar-refractivity contribution in [3.8, 4) is 0 Å². The molecule has 4 heteroatoms. The van der Waals surface area contributed by atoms with Crippen LogP contribution in [0.1, 0.15) is 51.7 Å². The van der Waals surface area contributed by atoms with E-state index in [1.807, 2.05) is 0 Å². The van der Waals surface area contributed by atoms with Crippen molar-refractivity contribution in [3.63, 3.8) is 0 Å². The molecule has 1 N–H and O–H groups in total. The minimum absolute atomic E-state index is 0.121. The lowest BCUT2D eigenvalue weighted by Gasteiger charge is -2.34. The zero-order chi connectivity index (χ0) is 15.6. The molecule has 21 heavy (non-hydrogen) atoms. The third kappa shape index (κ3) is 5.35. The van der Waals surface area contributed by atoms with Crippen molar-refractivity contribution < 1.29 is 4.42 Å². The van der Waals surface area contributed by atoms with Gasteiger partial charge in [0, 0.05) is 41.2 Å². The van der Waals surface area contributed by atoms with Crippen LogP contribution in [0.5, 0.6) is 0 Å². The fourth-order valence-electron chi connectivity index (χ4n) is 2.84. The molecule has 0 bridgehead atoms. The third-order valence-corrected chi connectivity index (χ3v) is 4.98. The van der Waals surface area contributed by atoms with Crippen LogP contribution in [0.25, 0.3) is 0 Å². The van der Waals surface area contributed by atoms with Gasteiger partial charge in [-0.1, -0.05) is 13.8 Å². The average Bonchev–Trinajstić information content (AvgIpc) is 2.65. The molecule has 0 spiro atoms. The molecule has 2 atom stereocenters. The summed E-state index contributed by atoms with van der Waals surface area (Å²) in [5.41, 5.74) is 1.46. The van der Waals surface area contributed by atoms with E-state index in [1.165, 1.54) is 18.7 Å². The molecule has 0 aliphatic carbocycles. The number of hydrogen-bond acceptors (Lipinski definition) is 4. The van der Waals surface area contributed by atoms with E-state index >= 15 is 0 Å². The van der Waals surface area contributed by atoms with E-state index in [1.54, 1.807) is 0 Å². The van der Waals surface area contributed by atoms with Gasteiger partial charge in [-0.15, -0.1) is 0 Å². The molecule has 0 aromatic carbocycles. The van der Waals surface area contributed by atoms with Gasteiger partial charge in [0.1, 0.15) is 11.5 Å². The number of aryl methyl sites for hydroxylation is 1. The SMILES string of the molecule is Cc1oc(CNC(C)(C)C)cc1CN1CC(C)SC(C)C1. The monoisotopic (exact) mass is 310 g/mol. The molecule has 2 heterocycles. The van der Waals surface area contributed by atoms with E-state index in [4.69, 9.17) is 4.42 Å². The second kappa shape index (κ2) is 6.76. The van der Waals surface area contributed by atoms with Crippen molar-refractivity contribution in [2.24, 2.45) is 0 Å². The van der Waals surface area contributed by atoms with Crippen LogP contribution in [0.2, 0.25) is 0 Å². The lowest BCUT2D eigenvalue weighted by Crippen LogP contribution is -2.39. The highest BCUT2D eigenvalue weighted by atomic mass is 32.2. The molecular weight excluding hydrogens is 280 g/mol. The summed E-state index contributed by atoms with van der Waals surface area (Å²) in [5, 5.41) is 4.94. The van der Waals surface area contributed by atoms with E-state index < -0.39 is 0 Å². The zero-order valence-electron chi connectivity index (χ0n) is 14.3. The zero-order valence-corrected chi connectivity index (χ0v) is 15.1. The first-order chi connectivity index (χ1) is 9.73. The summed E-state index contributed by atoms with van der Waals surface area (Å²) in [6, 6.07) is 2.23. The van der Waals surface area contributed by atoms with Gasteiger partial charge in [-0.3, -0.25) is 4.90 Å². The fraction of sp³-hybridized carbons (Fsp3) is 0.765. The second-order valence-corrected chi connectivity index (χ2v) is 9.23. The van der Waals surface area contributed by atoms with Gasteiger partial charge in [0.05, 0.1) is 6.54 Å². The van der Waals surface area contributed by atoms with Crippen LogP contribution >= 0.6 is 11.8 Å². The third-order valence-electron chi connectivity index (χ3n) is 3.75. The van der Waals surface area contributed by atoms with Gasteiger partial charge < -0.3 is 9.73 Å². The van der Waals surface area contributed by atoms with Crippen LogP contribution in [0.15, 0.2) is 10.5 Å². The topological polar surface area (TPSA) is 28.4 Å². The Balaban J connectivity index is 1.96. The minimum Gasteiger partial charge on any atom is -0.465 e. The number of hydrogen-bond donors (Lipinski definition) is 1. The van der Waals surface area contributed by atoms with E-state index in [9.17, 15) is 0 Å². The minimum atomic E-state index is 0.121. The van der Waals surface area contributed by atoms with E-state index in [2.05, 4.69) is 69.6 Å². The Bertz CT molecular complexity index is 454. The Kier molecular flexibility index (Phi) is 5.44. The maximum Gasteiger partial charge on any atom is 0.118 e. The molecule has 0 radical (unpaired) electrons. The van der Waals surface area contributed by atoms with Crippen molar-refractivity contribution in [2.45, 2.75) is 70.7 Å². The van der Waals surface area contributed by atoms with Gasteiger partial charge in [-0.05, 0) is 33.8 Å². The van der Waals surface area contributed by atoms with Gasteiger partial charge in [-0.25, -0.2) is 0 Å². The molecule has 1 aliphatic heterocycles. The van der Waals surface area contributed by atoms with Crippen molar-refractivity contribution in [2.75, 3.05) is 13.1 Å². The summed E-state index contributed by atoms with van der Waals surface area (Å²) in [4.78, 5) is 2.56. The Morgan fingerprint density at radius 1 is 1.29 bits per heavy atom. The van der Waals surface area contributed by atoms with Crippen LogP contribution in [0.3, 0.4) is 0 Å². The lowest BCUT2D eigenvalue weighted by molar-refractivity contribution is 0.261. The highest BCUT2D eigenvalue weighted by Crippen LogP contribution is 2.27. The number of furan rings is 1. The molecule has 1 fully saturated rings. The molecule has 1 saturated heterocycles. The summed E-state index contributed by atoms with van der Waals surface area (Å²) in [6.07, 6.45) is 0. The molecule has 2 rings (SSSR count). The van der Waals surface area contributed by atoms with Gasteiger partial charge in [-0.2, -0.15) is 11.8 Å². The molecule has 1 aliphatic rings. The molecular formula is C17H30N2OS. The van der Waals surface area contributed by atoms with Crippen molar-refractivity contribution in [3.05, 3.63) is 23.2 Å². The Morgan fingerprint density at radius 2 is 1.90 bits per heavy atom. The van der Waals surface area contributed by atoms with Crippen LogP contribution in [-0.4, -0.2) is 34.0 Å². The highest BCUT2D eigenvalue weighted by molar-refractivity contribution is 8.00. The van der Waals surface area contributed by atoms with Crippen LogP contribution in [0, 0.1) is 6.92 Å². The number of nitrogens with one attached hydrogen (secondary N) is 1.